The van der Waals surface area contributed by atoms with E-state index in [1.54, 1.807) is 61.5 Å². The van der Waals surface area contributed by atoms with Crippen molar-refractivity contribution in [3.8, 4) is 0 Å². The second kappa shape index (κ2) is 7.03. The Hall–Kier alpha value is -3.87. The number of carbonyl (C=O) groups is 2. The van der Waals surface area contributed by atoms with Crippen LogP contribution in [-0.2, 0) is 4.74 Å². The van der Waals surface area contributed by atoms with Crippen LogP contribution >= 0.6 is 0 Å². The van der Waals surface area contributed by atoms with E-state index in [1.807, 2.05) is 0 Å². The number of para-hydroxylation sites is 1. The first-order valence-electron chi connectivity index (χ1n) is 8.70. The van der Waals surface area contributed by atoms with Crippen LogP contribution in [0, 0.1) is 0 Å². The quantitative estimate of drug-likeness (QED) is 0.310. The van der Waals surface area contributed by atoms with Crippen LogP contribution in [0.15, 0.2) is 65.5 Å². The highest BCUT2D eigenvalue weighted by Gasteiger charge is 2.21. The van der Waals surface area contributed by atoms with E-state index in [0.29, 0.717) is 16.5 Å². The van der Waals surface area contributed by atoms with Gasteiger partial charge >= 0.3 is 5.97 Å². The predicted octanol–water partition coefficient (Wildman–Crippen LogP) is 2.65. The molecule has 0 aliphatic carbocycles. The maximum atomic E-state index is 12.9. The molecular formula is C21H15N3O4. The normalized spacial score (nSPS) is 10.9. The van der Waals surface area contributed by atoms with Gasteiger partial charge in [0.1, 0.15) is 11.3 Å². The highest BCUT2D eigenvalue weighted by atomic mass is 16.5. The van der Waals surface area contributed by atoms with Crippen LogP contribution in [0.1, 0.15) is 33.3 Å². The van der Waals surface area contributed by atoms with Crippen molar-refractivity contribution < 1.29 is 14.3 Å². The molecule has 0 saturated carbocycles. The third-order valence-electron chi connectivity index (χ3n) is 4.26. The van der Waals surface area contributed by atoms with E-state index >= 15 is 0 Å². The Labute approximate surface area is 159 Å². The summed E-state index contributed by atoms with van der Waals surface area (Å²) in [5.74, 6) is -1.03. The van der Waals surface area contributed by atoms with Gasteiger partial charge in [-0.1, -0.05) is 42.5 Å². The van der Waals surface area contributed by atoms with Crippen molar-refractivity contribution in [2.24, 2.45) is 0 Å². The van der Waals surface area contributed by atoms with E-state index < -0.39 is 11.5 Å². The molecule has 0 aliphatic heterocycles. The second-order valence-corrected chi connectivity index (χ2v) is 6.03. The van der Waals surface area contributed by atoms with Gasteiger partial charge in [-0.15, -0.1) is 0 Å². The number of rotatable bonds is 4. The average Bonchev–Trinajstić information content (AvgIpc) is 2.74. The summed E-state index contributed by atoms with van der Waals surface area (Å²) in [5.41, 5.74) is 0.515. The Morgan fingerprint density at radius 2 is 1.75 bits per heavy atom. The second-order valence-electron chi connectivity index (χ2n) is 6.03. The zero-order valence-corrected chi connectivity index (χ0v) is 15.0. The fraction of sp³-hybridized carbons (Fsp3) is 0.0952. The Morgan fingerprint density at radius 3 is 2.50 bits per heavy atom. The van der Waals surface area contributed by atoms with Gasteiger partial charge in [0.2, 0.25) is 5.78 Å². The average molecular weight is 373 g/mol. The molecule has 0 bridgehead atoms. The third-order valence-corrected chi connectivity index (χ3v) is 4.26. The summed E-state index contributed by atoms with van der Waals surface area (Å²) in [4.78, 5) is 41.8. The molecule has 0 radical (unpaired) electrons. The predicted molar refractivity (Wildman–Crippen MR) is 103 cm³/mol. The molecule has 0 saturated heterocycles. The smallest absolute Gasteiger partial charge is 0.342 e. The number of nitrogens with zero attached hydrogens (tertiary/aromatic N) is 3. The molecule has 4 rings (SSSR count). The van der Waals surface area contributed by atoms with Crippen molar-refractivity contribution in [3.05, 3.63) is 87.8 Å². The van der Waals surface area contributed by atoms with E-state index in [4.69, 9.17) is 4.74 Å². The molecule has 0 fully saturated rings. The number of ketones is 1. The van der Waals surface area contributed by atoms with Gasteiger partial charge in [-0.2, -0.15) is 10.1 Å². The molecule has 138 valence electrons. The minimum atomic E-state index is -0.674. The number of hydrogen-bond acceptors (Lipinski definition) is 6. The molecule has 0 spiro atoms. The van der Waals surface area contributed by atoms with E-state index in [0.717, 1.165) is 0 Å². The summed E-state index contributed by atoms with van der Waals surface area (Å²) in [6.45, 7) is 1.82. The number of esters is 1. The summed E-state index contributed by atoms with van der Waals surface area (Å²) in [5, 5.41) is 4.72. The maximum Gasteiger partial charge on any atom is 0.342 e. The topological polar surface area (TPSA) is 90.6 Å². The molecule has 0 atom stereocenters. The first kappa shape index (κ1) is 17.5. The van der Waals surface area contributed by atoms with Gasteiger partial charge in [0.05, 0.1) is 17.5 Å². The summed E-state index contributed by atoms with van der Waals surface area (Å²) in [6.07, 6.45) is 0. The lowest BCUT2D eigenvalue weighted by Crippen LogP contribution is -2.19. The highest BCUT2D eigenvalue weighted by Crippen LogP contribution is 2.18. The van der Waals surface area contributed by atoms with E-state index in [1.165, 1.54) is 10.6 Å². The van der Waals surface area contributed by atoms with E-state index in [2.05, 4.69) is 10.1 Å². The van der Waals surface area contributed by atoms with Crippen molar-refractivity contribution in [1.82, 2.24) is 14.6 Å². The number of benzene rings is 2. The first-order valence-corrected chi connectivity index (χ1v) is 8.70. The lowest BCUT2D eigenvalue weighted by molar-refractivity contribution is 0.0527. The molecule has 0 unspecified atom stereocenters. The molecule has 7 nitrogen and oxygen atoms in total. The molecule has 7 heteroatoms. The molecular weight excluding hydrogens is 358 g/mol. The Bertz CT molecular complexity index is 1280. The number of aromatic nitrogens is 3. The molecule has 2 aromatic carbocycles. The summed E-state index contributed by atoms with van der Waals surface area (Å²) in [7, 11) is 0. The molecule has 2 aromatic heterocycles. The van der Waals surface area contributed by atoms with Gasteiger partial charge in [0, 0.05) is 5.56 Å². The van der Waals surface area contributed by atoms with Crippen molar-refractivity contribution in [2.75, 3.05) is 6.61 Å². The Morgan fingerprint density at radius 1 is 1.04 bits per heavy atom. The number of hydrogen-bond donors (Lipinski definition) is 0. The minimum absolute atomic E-state index is 0.0129. The molecule has 2 heterocycles. The minimum Gasteiger partial charge on any atom is -0.462 e. The van der Waals surface area contributed by atoms with Gasteiger partial charge < -0.3 is 4.74 Å². The van der Waals surface area contributed by atoms with Crippen LogP contribution in [0.25, 0.3) is 16.6 Å². The fourth-order valence-corrected chi connectivity index (χ4v) is 2.98. The first-order chi connectivity index (χ1) is 13.6. The monoisotopic (exact) mass is 373 g/mol. The lowest BCUT2D eigenvalue weighted by atomic mass is 10.1. The zero-order chi connectivity index (χ0) is 19.7. The van der Waals surface area contributed by atoms with Crippen molar-refractivity contribution in [2.45, 2.75) is 6.92 Å². The summed E-state index contributed by atoms with van der Waals surface area (Å²) < 4.78 is 6.44. The largest absolute Gasteiger partial charge is 0.462 e. The number of ether oxygens (including phenoxy) is 1. The van der Waals surface area contributed by atoms with Crippen molar-refractivity contribution in [1.29, 1.82) is 0 Å². The third kappa shape index (κ3) is 2.92. The van der Waals surface area contributed by atoms with Crippen molar-refractivity contribution >= 4 is 28.3 Å². The zero-order valence-electron chi connectivity index (χ0n) is 15.0. The Kier molecular flexibility index (Phi) is 4.41. The van der Waals surface area contributed by atoms with Crippen molar-refractivity contribution in [3.63, 3.8) is 0 Å². The number of carbonyl (C=O) groups excluding carboxylic acids is 2. The van der Waals surface area contributed by atoms with Crippen LogP contribution in [0.4, 0.5) is 0 Å². The molecule has 0 N–H and O–H groups in total. The molecule has 28 heavy (non-hydrogen) atoms. The fourth-order valence-electron chi connectivity index (χ4n) is 2.98. The SMILES string of the molecule is CCOC(=O)c1cc(C(=O)c2ccccc2)nn2c1nc(=O)c1ccccc12. The van der Waals surface area contributed by atoms with Gasteiger partial charge in [-0.25, -0.2) is 9.31 Å². The maximum absolute atomic E-state index is 12.9. The molecule has 0 aliphatic rings. The van der Waals surface area contributed by atoms with Gasteiger partial charge in [0.15, 0.2) is 5.65 Å². The number of fused-ring (bicyclic) bond motifs is 3. The van der Waals surface area contributed by atoms with Crippen LogP contribution in [0.5, 0.6) is 0 Å². The van der Waals surface area contributed by atoms with E-state index in [-0.39, 0.29) is 29.3 Å². The van der Waals surface area contributed by atoms with Crippen LogP contribution in [0.3, 0.4) is 0 Å². The van der Waals surface area contributed by atoms with Gasteiger partial charge in [-0.05, 0) is 25.1 Å². The van der Waals surface area contributed by atoms with Gasteiger partial charge in [-0.3, -0.25) is 9.59 Å². The molecule has 4 aromatic rings. The lowest BCUT2D eigenvalue weighted by Gasteiger charge is -2.11. The van der Waals surface area contributed by atoms with Crippen LogP contribution in [0.2, 0.25) is 0 Å². The van der Waals surface area contributed by atoms with E-state index in [9.17, 15) is 14.4 Å². The summed E-state index contributed by atoms with van der Waals surface area (Å²) in [6, 6.07) is 16.7. The molecule has 0 amide bonds. The summed E-state index contributed by atoms with van der Waals surface area (Å²) >= 11 is 0. The Balaban J connectivity index is 2.06. The highest BCUT2D eigenvalue weighted by molar-refractivity contribution is 6.09. The van der Waals surface area contributed by atoms with Gasteiger partial charge in [0.25, 0.3) is 5.56 Å². The van der Waals surface area contributed by atoms with Crippen LogP contribution in [-0.4, -0.2) is 33.0 Å². The standard InChI is InChI=1S/C21H15N3O4/c1-2-28-21(27)15-12-16(18(25)13-8-4-3-5-9-13)23-24-17-11-7-6-10-14(17)20(26)22-19(15)24/h3-12H,2H2,1H3. The van der Waals surface area contributed by atoms with Crippen LogP contribution < -0.4 is 5.56 Å².